The van der Waals surface area contributed by atoms with Crippen LogP contribution in [0.15, 0.2) is 0 Å². The van der Waals surface area contributed by atoms with Crippen LogP contribution in [-0.4, -0.2) is 37.1 Å². The van der Waals surface area contributed by atoms with Gasteiger partial charge < -0.3 is 10.2 Å². The maximum atomic E-state index is 3.76. The average Bonchev–Trinajstić information content (AvgIpc) is 2.39. The molecular formula is C19H38N2. The minimum absolute atomic E-state index is 0.531. The van der Waals surface area contributed by atoms with E-state index in [1.807, 2.05) is 0 Å². The predicted molar refractivity (Wildman–Crippen MR) is 92.7 cm³/mol. The summed E-state index contributed by atoms with van der Waals surface area (Å²) in [4.78, 5) is 2.77. The van der Waals surface area contributed by atoms with Crippen molar-refractivity contribution in [3.8, 4) is 0 Å². The molecule has 124 valence electrons. The van der Waals surface area contributed by atoms with Crippen LogP contribution in [0.25, 0.3) is 0 Å². The van der Waals surface area contributed by atoms with E-state index in [1.165, 1.54) is 64.7 Å². The zero-order chi connectivity index (χ0) is 15.5. The molecule has 1 saturated heterocycles. The van der Waals surface area contributed by atoms with Crippen molar-refractivity contribution >= 4 is 0 Å². The first-order chi connectivity index (χ1) is 9.80. The number of rotatable bonds is 5. The molecule has 2 unspecified atom stereocenters. The second-order valence-electron chi connectivity index (χ2n) is 9.18. The molecule has 0 radical (unpaired) electrons. The van der Waals surface area contributed by atoms with E-state index >= 15 is 0 Å². The Morgan fingerprint density at radius 2 is 1.81 bits per heavy atom. The highest BCUT2D eigenvalue weighted by Gasteiger charge is 2.37. The van der Waals surface area contributed by atoms with E-state index in [1.54, 1.807) is 0 Å². The van der Waals surface area contributed by atoms with Gasteiger partial charge in [-0.25, -0.2) is 0 Å². The average molecular weight is 295 g/mol. The van der Waals surface area contributed by atoms with Gasteiger partial charge in [-0.15, -0.1) is 0 Å². The summed E-state index contributed by atoms with van der Waals surface area (Å²) in [5, 5.41) is 3.76. The van der Waals surface area contributed by atoms with Gasteiger partial charge in [0.15, 0.2) is 0 Å². The summed E-state index contributed by atoms with van der Waals surface area (Å²) in [6.45, 7) is 17.1. The lowest BCUT2D eigenvalue weighted by Crippen LogP contribution is -2.50. The lowest BCUT2D eigenvalue weighted by molar-refractivity contribution is 0.0457. The summed E-state index contributed by atoms with van der Waals surface area (Å²) >= 11 is 0. The Bertz CT molecular complexity index is 314. The van der Waals surface area contributed by atoms with Crippen molar-refractivity contribution in [3.05, 3.63) is 0 Å². The normalized spacial score (nSPS) is 34.3. The number of likely N-dealkylation sites (tertiary alicyclic amines) is 1. The second kappa shape index (κ2) is 7.00. The molecule has 0 bridgehead atoms. The summed E-state index contributed by atoms with van der Waals surface area (Å²) in [5.74, 6) is 0.911. The van der Waals surface area contributed by atoms with Crippen LogP contribution in [0.1, 0.15) is 73.1 Å². The van der Waals surface area contributed by atoms with Gasteiger partial charge >= 0.3 is 0 Å². The molecule has 0 spiro atoms. The van der Waals surface area contributed by atoms with Crippen LogP contribution >= 0.6 is 0 Å². The highest BCUT2D eigenvalue weighted by atomic mass is 15.1. The molecule has 2 fully saturated rings. The molecule has 1 aliphatic carbocycles. The smallest absolute Gasteiger partial charge is 0.00502 e. The zero-order valence-electron chi connectivity index (χ0n) is 15.2. The SMILES string of the molecule is CC1CCCC(CNC(C)C)(CN2CCC(C)(C)CC2)C1. The minimum Gasteiger partial charge on any atom is -0.314 e. The van der Waals surface area contributed by atoms with E-state index < -0.39 is 0 Å². The van der Waals surface area contributed by atoms with Gasteiger partial charge in [-0.3, -0.25) is 0 Å². The molecule has 1 saturated carbocycles. The van der Waals surface area contributed by atoms with Crippen molar-refractivity contribution in [2.75, 3.05) is 26.2 Å². The van der Waals surface area contributed by atoms with Crippen LogP contribution in [0.4, 0.5) is 0 Å². The van der Waals surface area contributed by atoms with Crippen molar-refractivity contribution in [1.29, 1.82) is 0 Å². The highest BCUT2D eigenvalue weighted by molar-refractivity contribution is 4.92. The number of hydrogen-bond acceptors (Lipinski definition) is 2. The molecule has 1 aliphatic heterocycles. The molecule has 0 aromatic carbocycles. The van der Waals surface area contributed by atoms with Crippen molar-refractivity contribution in [2.45, 2.75) is 79.2 Å². The van der Waals surface area contributed by atoms with Gasteiger partial charge in [-0.05, 0) is 55.5 Å². The molecule has 2 heteroatoms. The molecule has 0 amide bonds. The molecule has 2 nitrogen and oxygen atoms in total. The van der Waals surface area contributed by atoms with E-state index in [0.29, 0.717) is 16.9 Å². The maximum Gasteiger partial charge on any atom is 0.00502 e. The van der Waals surface area contributed by atoms with Crippen molar-refractivity contribution < 1.29 is 0 Å². The Morgan fingerprint density at radius 3 is 2.38 bits per heavy atom. The topological polar surface area (TPSA) is 15.3 Å². The van der Waals surface area contributed by atoms with Crippen LogP contribution in [0.3, 0.4) is 0 Å². The first-order valence-electron chi connectivity index (χ1n) is 9.26. The Morgan fingerprint density at radius 1 is 1.14 bits per heavy atom. The van der Waals surface area contributed by atoms with Gasteiger partial charge in [0.05, 0.1) is 0 Å². The van der Waals surface area contributed by atoms with Gasteiger partial charge in [-0.1, -0.05) is 47.5 Å². The van der Waals surface area contributed by atoms with Crippen LogP contribution in [0, 0.1) is 16.7 Å². The molecule has 1 heterocycles. The van der Waals surface area contributed by atoms with Crippen LogP contribution in [0.5, 0.6) is 0 Å². The number of hydrogen-bond donors (Lipinski definition) is 1. The van der Waals surface area contributed by atoms with Gasteiger partial charge in [0.1, 0.15) is 0 Å². The van der Waals surface area contributed by atoms with Gasteiger partial charge in [-0.2, -0.15) is 0 Å². The Balaban J connectivity index is 1.95. The summed E-state index contributed by atoms with van der Waals surface area (Å²) in [6, 6.07) is 0.611. The third-order valence-corrected chi connectivity index (χ3v) is 5.84. The van der Waals surface area contributed by atoms with Crippen molar-refractivity contribution in [1.82, 2.24) is 10.2 Å². The van der Waals surface area contributed by atoms with E-state index in [4.69, 9.17) is 0 Å². The van der Waals surface area contributed by atoms with Gasteiger partial charge in [0, 0.05) is 19.1 Å². The second-order valence-corrected chi connectivity index (χ2v) is 9.18. The van der Waals surface area contributed by atoms with Gasteiger partial charge in [0.2, 0.25) is 0 Å². The summed E-state index contributed by atoms with van der Waals surface area (Å²) in [7, 11) is 0. The third-order valence-electron chi connectivity index (χ3n) is 5.84. The molecule has 1 N–H and O–H groups in total. The number of nitrogens with one attached hydrogen (secondary N) is 1. The first-order valence-corrected chi connectivity index (χ1v) is 9.26. The predicted octanol–water partition coefficient (Wildman–Crippen LogP) is 4.30. The van der Waals surface area contributed by atoms with E-state index in [9.17, 15) is 0 Å². The molecule has 2 aliphatic rings. The fourth-order valence-electron chi connectivity index (χ4n) is 4.34. The Hall–Kier alpha value is -0.0800. The third kappa shape index (κ3) is 5.25. The van der Waals surface area contributed by atoms with Crippen LogP contribution in [-0.2, 0) is 0 Å². The Kier molecular flexibility index (Phi) is 5.76. The molecule has 2 atom stereocenters. The van der Waals surface area contributed by atoms with E-state index in [2.05, 4.69) is 44.8 Å². The minimum atomic E-state index is 0.531. The lowest BCUT2D eigenvalue weighted by Gasteiger charge is -2.46. The molecular weight excluding hydrogens is 256 g/mol. The number of piperidine rings is 1. The maximum absolute atomic E-state index is 3.76. The Labute approximate surface area is 133 Å². The highest BCUT2D eigenvalue weighted by Crippen LogP contribution is 2.41. The van der Waals surface area contributed by atoms with Crippen LogP contribution < -0.4 is 5.32 Å². The summed E-state index contributed by atoms with van der Waals surface area (Å²) < 4.78 is 0. The number of nitrogens with zero attached hydrogens (tertiary/aromatic N) is 1. The standard InChI is InChI=1S/C19H38N2/c1-16(2)20-14-19(8-6-7-17(3)13-19)15-21-11-9-18(4,5)10-12-21/h16-17,20H,6-15H2,1-5H3. The van der Waals surface area contributed by atoms with Crippen molar-refractivity contribution in [2.24, 2.45) is 16.7 Å². The van der Waals surface area contributed by atoms with Crippen LogP contribution in [0.2, 0.25) is 0 Å². The lowest BCUT2D eigenvalue weighted by atomic mass is 9.69. The monoisotopic (exact) mass is 294 g/mol. The molecule has 0 aromatic heterocycles. The summed E-state index contributed by atoms with van der Waals surface area (Å²) in [6.07, 6.45) is 8.47. The van der Waals surface area contributed by atoms with Crippen molar-refractivity contribution in [3.63, 3.8) is 0 Å². The molecule has 0 aromatic rings. The summed E-state index contributed by atoms with van der Waals surface area (Å²) in [5.41, 5.74) is 1.10. The fourth-order valence-corrected chi connectivity index (χ4v) is 4.34. The fraction of sp³-hybridized carbons (Fsp3) is 1.00. The molecule has 2 rings (SSSR count). The van der Waals surface area contributed by atoms with Gasteiger partial charge in [0.25, 0.3) is 0 Å². The van der Waals surface area contributed by atoms with E-state index in [-0.39, 0.29) is 0 Å². The van der Waals surface area contributed by atoms with E-state index in [0.717, 1.165) is 5.92 Å². The zero-order valence-corrected chi connectivity index (χ0v) is 15.2. The quantitative estimate of drug-likeness (QED) is 0.813. The first kappa shape index (κ1) is 17.3. The largest absolute Gasteiger partial charge is 0.314 e. The molecule has 21 heavy (non-hydrogen) atoms.